The van der Waals surface area contributed by atoms with E-state index in [0.717, 1.165) is 11.4 Å². The molecule has 11 heavy (non-hydrogen) atoms. The van der Waals surface area contributed by atoms with Crippen LogP contribution in [-0.4, -0.2) is 4.98 Å². The molecule has 2 heteroatoms. The van der Waals surface area contributed by atoms with E-state index in [2.05, 4.69) is 4.98 Å². The van der Waals surface area contributed by atoms with Gasteiger partial charge in [0.1, 0.15) is 5.75 Å². The number of pyridine rings is 1. The summed E-state index contributed by atoms with van der Waals surface area (Å²) in [6.07, 6.45) is 5.22. The average molecular weight is 149 g/mol. The fourth-order valence-corrected chi connectivity index (χ4v) is 0.739. The first-order chi connectivity index (χ1) is 5.33. The van der Waals surface area contributed by atoms with Crippen molar-refractivity contribution in [1.29, 1.82) is 0 Å². The van der Waals surface area contributed by atoms with Crippen molar-refractivity contribution in [2.75, 3.05) is 0 Å². The van der Waals surface area contributed by atoms with Gasteiger partial charge in [0.25, 0.3) is 0 Å². The highest BCUT2D eigenvalue weighted by Crippen LogP contribution is 2.09. The van der Waals surface area contributed by atoms with Crippen LogP contribution >= 0.6 is 0 Å². The van der Waals surface area contributed by atoms with E-state index < -0.39 is 0 Å². The quantitative estimate of drug-likeness (QED) is 0.602. The van der Waals surface area contributed by atoms with Crippen molar-refractivity contribution >= 4 is 0 Å². The van der Waals surface area contributed by atoms with Crippen LogP contribution in [0.4, 0.5) is 0 Å². The fraction of sp³-hybridized carbons (Fsp3) is 0.222. The van der Waals surface area contributed by atoms with Gasteiger partial charge < -0.3 is 4.74 Å². The number of nitrogens with zero attached hydrogens (tertiary/aromatic N) is 1. The molecule has 0 aliphatic rings. The van der Waals surface area contributed by atoms with Crippen molar-refractivity contribution in [3.05, 3.63) is 36.4 Å². The van der Waals surface area contributed by atoms with E-state index in [-0.39, 0.29) is 0 Å². The summed E-state index contributed by atoms with van der Waals surface area (Å²) in [4.78, 5) is 4.04. The van der Waals surface area contributed by atoms with Crippen LogP contribution < -0.4 is 4.74 Å². The molecule has 0 atom stereocenters. The van der Waals surface area contributed by atoms with Crippen LogP contribution in [0.25, 0.3) is 0 Å². The summed E-state index contributed by atoms with van der Waals surface area (Å²) in [5, 5.41) is 0. The highest BCUT2D eigenvalue weighted by Gasteiger charge is 1.89. The summed E-state index contributed by atoms with van der Waals surface area (Å²) in [6.45, 7) is 3.84. The SMILES string of the molecule is C/C=C\Oc1ccnc(C)c1. The van der Waals surface area contributed by atoms with Crippen molar-refractivity contribution in [3.63, 3.8) is 0 Å². The number of aromatic nitrogens is 1. The maximum Gasteiger partial charge on any atom is 0.129 e. The molecule has 0 N–H and O–H groups in total. The van der Waals surface area contributed by atoms with Gasteiger partial charge in [-0.1, -0.05) is 6.08 Å². The molecule has 0 spiro atoms. The number of rotatable bonds is 2. The maximum absolute atomic E-state index is 5.22. The van der Waals surface area contributed by atoms with Crippen molar-refractivity contribution < 1.29 is 4.74 Å². The molecule has 0 bridgehead atoms. The number of aryl methyl sites for hydroxylation is 1. The standard InChI is InChI=1S/C9H11NO/c1-3-6-11-9-4-5-10-8(2)7-9/h3-7H,1-2H3/b6-3-. The molecular weight excluding hydrogens is 138 g/mol. The zero-order valence-corrected chi connectivity index (χ0v) is 6.74. The van der Waals surface area contributed by atoms with Gasteiger partial charge in [0.15, 0.2) is 0 Å². The monoisotopic (exact) mass is 149 g/mol. The summed E-state index contributed by atoms with van der Waals surface area (Å²) in [5.41, 5.74) is 0.965. The van der Waals surface area contributed by atoms with Gasteiger partial charge in [-0.05, 0) is 19.9 Å². The van der Waals surface area contributed by atoms with E-state index in [1.54, 1.807) is 12.5 Å². The Bertz CT molecular complexity index is 255. The Labute approximate surface area is 66.5 Å². The number of hydrogen-bond acceptors (Lipinski definition) is 2. The molecule has 1 rings (SSSR count). The first-order valence-corrected chi connectivity index (χ1v) is 3.53. The molecule has 0 radical (unpaired) electrons. The lowest BCUT2D eigenvalue weighted by atomic mass is 10.4. The van der Waals surface area contributed by atoms with E-state index >= 15 is 0 Å². The summed E-state index contributed by atoms with van der Waals surface area (Å²) in [6, 6.07) is 3.72. The van der Waals surface area contributed by atoms with Gasteiger partial charge in [-0.2, -0.15) is 0 Å². The van der Waals surface area contributed by atoms with Crippen molar-refractivity contribution in [2.45, 2.75) is 13.8 Å². The van der Waals surface area contributed by atoms with Crippen molar-refractivity contribution in [1.82, 2.24) is 4.98 Å². The molecule has 0 aliphatic carbocycles. The molecule has 2 nitrogen and oxygen atoms in total. The molecular formula is C9H11NO. The molecule has 1 heterocycles. The summed E-state index contributed by atoms with van der Waals surface area (Å²) >= 11 is 0. The molecule has 0 saturated heterocycles. The molecule has 0 aliphatic heterocycles. The van der Waals surface area contributed by atoms with E-state index in [1.165, 1.54) is 0 Å². The third-order valence-corrected chi connectivity index (χ3v) is 1.21. The smallest absolute Gasteiger partial charge is 0.129 e. The Kier molecular flexibility index (Phi) is 2.66. The molecule has 1 aromatic heterocycles. The van der Waals surface area contributed by atoms with Crippen molar-refractivity contribution in [2.24, 2.45) is 0 Å². The topological polar surface area (TPSA) is 22.1 Å². The molecule has 0 fully saturated rings. The summed E-state index contributed by atoms with van der Waals surface area (Å²) in [5.74, 6) is 0.829. The van der Waals surface area contributed by atoms with Crippen LogP contribution in [-0.2, 0) is 0 Å². The lowest BCUT2D eigenvalue weighted by Crippen LogP contribution is -1.84. The number of ether oxygens (including phenoxy) is 1. The van der Waals surface area contributed by atoms with Gasteiger partial charge in [-0.25, -0.2) is 0 Å². The van der Waals surface area contributed by atoms with E-state index in [4.69, 9.17) is 4.74 Å². The number of hydrogen-bond donors (Lipinski definition) is 0. The third-order valence-electron chi connectivity index (χ3n) is 1.21. The third kappa shape index (κ3) is 2.42. The van der Waals surface area contributed by atoms with E-state index in [1.807, 2.05) is 32.1 Å². The Morgan fingerprint density at radius 1 is 1.55 bits per heavy atom. The van der Waals surface area contributed by atoms with Gasteiger partial charge in [0, 0.05) is 18.0 Å². The van der Waals surface area contributed by atoms with Crippen LogP contribution in [0.2, 0.25) is 0 Å². The molecule has 0 aromatic carbocycles. The number of allylic oxidation sites excluding steroid dienone is 1. The molecule has 58 valence electrons. The lowest BCUT2D eigenvalue weighted by molar-refractivity contribution is 0.479. The fourth-order valence-electron chi connectivity index (χ4n) is 0.739. The predicted molar refractivity (Wildman–Crippen MR) is 44.4 cm³/mol. The Balaban J connectivity index is 2.71. The van der Waals surface area contributed by atoms with E-state index in [0.29, 0.717) is 0 Å². The maximum atomic E-state index is 5.22. The Hall–Kier alpha value is -1.31. The average Bonchev–Trinajstić information content (AvgIpc) is 2.01. The van der Waals surface area contributed by atoms with Gasteiger partial charge in [-0.15, -0.1) is 0 Å². The molecule has 0 saturated carbocycles. The first-order valence-electron chi connectivity index (χ1n) is 3.53. The van der Waals surface area contributed by atoms with Crippen LogP contribution in [0, 0.1) is 6.92 Å². The largest absolute Gasteiger partial charge is 0.465 e. The second-order valence-electron chi connectivity index (χ2n) is 2.22. The van der Waals surface area contributed by atoms with Gasteiger partial charge >= 0.3 is 0 Å². The zero-order valence-electron chi connectivity index (χ0n) is 6.74. The predicted octanol–water partition coefficient (Wildman–Crippen LogP) is 2.30. The Morgan fingerprint density at radius 2 is 2.36 bits per heavy atom. The van der Waals surface area contributed by atoms with E-state index in [9.17, 15) is 0 Å². The first kappa shape index (κ1) is 7.79. The van der Waals surface area contributed by atoms with Gasteiger partial charge in [0.2, 0.25) is 0 Å². The second-order valence-corrected chi connectivity index (χ2v) is 2.22. The zero-order chi connectivity index (χ0) is 8.10. The minimum atomic E-state index is 0.829. The van der Waals surface area contributed by atoms with Crippen LogP contribution in [0.3, 0.4) is 0 Å². The minimum Gasteiger partial charge on any atom is -0.465 e. The lowest BCUT2D eigenvalue weighted by Gasteiger charge is -1.98. The van der Waals surface area contributed by atoms with Crippen LogP contribution in [0.1, 0.15) is 12.6 Å². The molecule has 1 aromatic rings. The second kappa shape index (κ2) is 3.76. The summed E-state index contributed by atoms with van der Waals surface area (Å²) < 4.78 is 5.22. The molecule has 0 unspecified atom stereocenters. The highest BCUT2D eigenvalue weighted by molar-refractivity contribution is 5.22. The van der Waals surface area contributed by atoms with Crippen LogP contribution in [0.5, 0.6) is 5.75 Å². The van der Waals surface area contributed by atoms with Gasteiger partial charge in [-0.3, -0.25) is 4.98 Å². The van der Waals surface area contributed by atoms with Crippen LogP contribution in [0.15, 0.2) is 30.7 Å². The minimum absolute atomic E-state index is 0.829. The Morgan fingerprint density at radius 3 is 3.00 bits per heavy atom. The molecule has 0 amide bonds. The summed E-state index contributed by atoms with van der Waals surface area (Å²) in [7, 11) is 0. The normalized spacial score (nSPS) is 10.4. The highest BCUT2D eigenvalue weighted by atomic mass is 16.5. The van der Waals surface area contributed by atoms with Gasteiger partial charge in [0.05, 0.1) is 6.26 Å². The van der Waals surface area contributed by atoms with Crippen molar-refractivity contribution in [3.8, 4) is 5.75 Å².